The van der Waals surface area contributed by atoms with Gasteiger partial charge in [-0.1, -0.05) is 104 Å². The number of rotatable bonds is 7. The lowest BCUT2D eigenvalue weighted by Gasteiger charge is -2.25. The van der Waals surface area contributed by atoms with Crippen LogP contribution in [0.15, 0.2) is 36.4 Å². The molecule has 1 saturated carbocycles. The third kappa shape index (κ3) is 6.49. The zero-order valence-electron chi connectivity index (χ0n) is 15.4. The molecule has 0 atom stereocenters. The molecule has 25 heavy (non-hydrogen) atoms. The molecule has 1 fully saturated rings. The van der Waals surface area contributed by atoms with Crippen LogP contribution in [0.4, 0.5) is 0 Å². The van der Waals surface area contributed by atoms with Gasteiger partial charge in [-0.3, -0.25) is 0 Å². The van der Waals surface area contributed by atoms with E-state index in [-0.39, 0.29) is 14.9 Å². The maximum atomic E-state index is 2.40. The molecule has 0 heteroatoms. The summed E-state index contributed by atoms with van der Waals surface area (Å²) in [7, 11) is 0. The smallest absolute Gasteiger partial charge is 0.0149 e. The van der Waals surface area contributed by atoms with Crippen LogP contribution in [-0.2, 0) is 12.8 Å². The number of benzene rings is 2. The Kier molecular flexibility index (Phi) is 12.3. The second-order valence-corrected chi connectivity index (χ2v) is 6.72. The Morgan fingerprint density at radius 1 is 0.880 bits per heavy atom. The van der Waals surface area contributed by atoms with Gasteiger partial charge in [0.1, 0.15) is 0 Å². The fourth-order valence-corrected chi connectivity index (χ4v) is 3.63. The van der Waals surface area contributed by atoms with Crippen molar-refractivity contribution < 1.29 is 0 Å². The first-order valence-electron chi connectivity index (χ1n) is 9.88. The van der Waals surface area contributed by atoms with Crippen molar-refractivity contribution in [3.63, 3.8) is 0 Å². The maximum Gasteiger partial charge on any atom is -0.0149 e. The number of aryl methyl sites for hydroxylation is 2. The minimum atomic E-state index is 0. The fourth-order valence-electron chi connectivity index (χ4n) is 3.63. The molecular formula is C25H42. The lowest BCUT2D eigenvalue weighted by atomic mass is 9.81. The number of hydrogen-bond donors (Lipinski definition) is 0. The number of hydrogen-bond acceptors (Lipinski definition) is 0. The van der Waals surface area contributed by atoms with Crippen molar-refractivity contribution >= 4 is 10.8 Å². The van der Waals surface area contributed by atoms with Crippen LogP contribution in [0.5, 0.6) is 0 Å². The highest BCUT2D eigenvalue weighted by Gasteiger charge is 2.16. The molecule has 0 saturated heterocycles. The van der Waals surface area contributed by atoms with E-state index in [9.17, 15) is 0 Å². The van der Waals surface area contributed by atoms with Crippen molar-refractivity contribution in [1.29, 1.82) is 0 Å². The monoisotopic (exact) mass is 342 g/mol. The highest BCUT2D eigenvalue weighted by Crippen LogP contribution is 2.32. The zero-order chi connectivity index (χ0) is 16.5. The third-order valence-electron chi connectivity index (χ3n) is 5.20. The largest absolute Gasteiger partial charge is 0.0776 e. The lowest BCUT2D eigenvalue weighted by molar-refractivity contribution is 0.290. The van der Waals surface area contributed by atoms with E-state index in [0.29, 0.717) is 0 Å². The van der Waals surface area contributed by atoms with Crippen molar-refractivity contribution in [2.24, 2.45) is 5.92 Å². The van der Waals surface area contributed by atoms with Crippen molar-refractivity contribution in [2.45, 2.75) is 93.4 Å². The molecule has 0 amide bonds. The van der Waals surface area contributed by atoms with Crippen molar-refractivity contribution in [3.8, 4) is 0 Å². The summed E-state index contributed by atoms with van der Waals surface area (Å²) >= 11 is 0. The third-order valence-corrected chi connectivity index (χ3v) is 5.20. The molecule has 0 spiro atoms. The van der Waals surface area contributed by atoms with E-state index >= 15 is 0 Å². The molecule has 0 bridgehead atoms. The van der Waals surface area contributed by atoms with Crippen LogP contribution in [0.2, 0.25) is 0 Å². The predicted molar refractivity (Wildman–Crippen MR) is 118 cm³/mol. The SMILES string of the molecule is C.C.CC.CCCCc1c(CCCC2CCC2)ccc2ccccc12. The summed E-state index contributed by atoms with van der Waals surface area (Å²) in [4.78, 5) is 0. The van der Waals surface area contributed by atoms with E-state index in [1.165, 1.54) is 68.6 Å². The first-order valence-corrected chi connectivity index (χ1v) is 9.88. The molecule has 1 aliphatic rings. The normalized spacial score (nSPS) is 13.1. The van der Waals surface area contributed by atoms with Crippen LogP contribution >= 0.6 is 0 Å². The van der Waals surface area contributed by atoms with Gasteiger partial charge in [0, 0.05) is 0 Å². The lowest BCUT2D eigenvalue weighted by Crippen LogP contribution is -2.11. The zero-order valence-corrected chi connectivity index (χ0v) is 15.4. The second kappa shape index (κ2) is 13.0. The molecule has 142 valence electrons. The van der Waals surface area contributed by atoms with E-state index in [1.54, 1.807) is 11.1 Å². The molecule has 0 unspecified atom stereocenters. The molecule has 0 nitrogen and oxygen atoms in total. The van der Waals surface area contributed by atoms with Gasteiger partial charge in [-0.25, -0.2) is 0 Å². The minimum absolute atomic E-state index is 0. The van der Waals surface area contributed by atoms with Crippen molar-refractivity contribution in [1.82, 2.24) is 0 Å². The first-order chi connectivity index (χ1) is 11.4. The number of fused-ring (bicyclic) bond motifs is 1. The Labute approximate surface area is 158 Å². The molecule has 0 aromatic heterocycles. The van der Waals surface area contributed by atoms with Crippen LogP contribution in [-0.4, -0.2) is 0 Å². The highest BCUT2D eigenvalue weighted by atomic mass is 14.2. The quantitative estimate of drug-likeness (QED) is 0.472. The highest BCUT2D eigenvalue weighted by molar-refractivity contribution is 5.86. The molecule has 3 rings (SSSR count). The van der Waals surface area contributed by atoms with Crippen LogP contribution < -0.4 is 0 Å². The van der Waals surface area contributed by atoms with E-state index in [0.717, 1.165) is 5.92 Å². The summed E-state index contributed by atoms with van der Waals surface area (Å²) in [6.45, 7) is 6.29. The van der Waals surface area contributed by atoms with E-state index < -0.39 is 0 Å². The Morgan fingerprint density at radius 3 is 2.24 bits per heavy atom. The Hall–Kier alpha value is -1.30. The molecule has 2 aromatic carbocycles. The van der Waals surface area contributed by atoms with Gasteiger partial charge in [0.2, 0.25) is 0 Å². The summed E-state index contributed by atoms with van der Waals surface area (Å²) in [6, 6.07) is 13.6. The average molecular weight is 343 g/mol. The standard InChI is InChI=1S/C21H28.C2H6.2CH4/c1-2-3-13-20-19(12-7-10-17-8-6-9-17)16-15-18-11-4-5-14-21(18)20;1-2;;/h4-5,11,14-17H,2-3,6-10,12-13H2,1H3;1-2H3;2*1H4. The van der Waals surface area contributed by atoms with Gasteiger partial charge in [-0.05, 0) is 53.5 Å². The van der Waals surface area contributed by atoms with Crippen LogP contribution in [0.25, 0.3) is 10.8 Å². The molecule has 2 aromatic rings. The molecule has 1 aliphatic carbocycles. The maximum absolute atomic E-state index is 2.40. The van der Waals surface area contributed by atoms with E-state index in [2.05, 4.69) is 43.3 Å². The van der Waals surface area contributed by atoms with E-state index in [1.807, 2.05) is 13.8 Å². The first kappa shape index (κ1) is 23.7. The van der Waals surface area contributed by atoms with Gasteiger partial charge < -0.3 is 0 Å². The molecule has 0 N–H and O–H groups in total. The summed E-state index contributed by atoms with van der Waals surface area (Å²) in [5, 5.41) is 2.90. The summed E-state index contributed by atoms with van der Waals surface area (Å²) < 4.78 is 0. The van der Waals surface area contributed by atoms with Crippen LogP contribution in [0, 0.1) is 5.92 Å². The van der Waals surface area contributed by atoms with Gasteiger partial charge in [-0.2, -0.15) is 0 Å². The van der Waals surface area contributed by atoms with Gasteiger partial charge in [0.25, 0.3) is 0 Å². The number of unbranched alkanes of at least 4 members (excludes halogenated alkanes) is 1. The average Bonchev–Trinajstić information content (AvgIpc) is 2.57. The van der Waals surface area contributed by atoms with Crippen LogP contribution in [0.1, 0.15) is 91.7 Å². The van der Waals surface area contributed by atoms with Gasteiger partial charge >= 0.3 is 0 Å². The summed E-state index contributed by atoms with van der Waals surface area (Å²) in [5.74, 6) is 1.05. The van der Waals surface area contributed by atoms with Gasteiger partial charge in [0.05, 0.1) is 0 Å². The molecule has 0 heterocycles. The summed E-state index contributed by atoms with van der Waals surface area (Å²) in [5.41, 5.74) is 3.24. The predicted octanol–water partition coefficient (Wildman–Crippen LogP) is 8.60. The van der Waals surface area contributed by atoms with Gasteiger partial charge in [-0.15, -0.1) is 0 Å². The topological polar surface area (TPSA) is 0 Å². The van der Waals surface area contributed by atoms with Gasteiger partial charge in [0.15, 0.2) is 0 Å². The molecular weight excluding hydrogens is 300 g/mol. The summed E-state index contributed by atoms with van der Waals surface area (Å²) in [6.07, 6.45) is 12.4. The van der Waals surface area contributed by atoms with E-state index in [4.69, 9.17) is 0 Å². The minimum Gasteiger partial charge on any atom is -0.0776 e. The molecule has 0 aliphatic heterocycles. The Balaban J connectivity index is 0.00000139. The second-order valence-electron chi connectivity index (χ2n) is 6.72. The Morgan fingerprint density at radius 2 is 1.60 bits per heavy atom. The Bertz CT molecular complexity index is 578. The van der Waals surface area contributed by atoms with Crippen molar-refractivity contribution in [2.75, 3.05) is 0 Å². The molecule has 0 radical (unpaired) electrons. The fraction of sp³-hybridized carbons (Fsp3) is 0.600. The van der Waals surface area contributed by atoms with Crippen LogP contribution in [0.3, 0.4) is 0 Å². The van der Waals surface area contributed by atoms with Crippen molar-refractivity contribution in [3.05, 3.63) is 47.5 Å².